The molecule has 0 bridgehead atoms. The Balaban J connectivity index is 2.25. The lowest BCUT2D eigenvalue weighted by molar-refractivity contribution is 0.350. The molecule has 2 nitrogen and oxygen atoms in total. The van der Waals surface area contributed by atoms with Crippen LogP contribution in [-0.2, 0) is 10.2 Å². The molecule has 0 saturated heterocycles. The first-order chi connectivity index (χ1) is 7.77. The predicted octanol–water partition coefficient (Wildman–Crippen LogP) is 3.51. The lowest BCUT2D eigenvalue weighted by Gasteiger charge is -2.29. The summed E-state index contributed by atoms with van der Waals surface area (Å²) < 4.78 is 5.04. The van der Waals surface area contributed by atoms with E-state index in [1.54, 1.807) is 7.11 Å². The van der Waals surface area contributed by atoms with Gasteiger partial charge < -0.3 is 4.74 Å². The van der Waals surface area contributed by atoms with E-state index < -0.39 is 0 Å². The molecule has 2 heteroatoms. The molecular weight excluding hydrogens is 198 g/mol. The minimum absolute atomic E-state index is 0.161. The summed E-state index contributed by atoms with van der Waals surface area (Å²) in [7, 11) is 1.59. The second kappa shape index (κ2) is 4.69. The highest BCUT2D eigenvalue weighted by atomic mass is 16.5. The summed E-state index contributed by atoms with van der Waals surface area (Å²) in [6, 6.07) is 10.6. The fourth-order valence-electron chi connectivity index (χ4n) is 2.79. The maximum absolute atomic E-state index is 7.75. The largest absolute Gasteiger partial charge is 0.484 e. The number of rotatable bonds is 3. The molecule has 1 saturated carbocycles. The Labute approximate surface area is 97.1 Å². The third kappa shape index (κ3) is 2.11. The molecule has 1 aliphatic carbocycles. The van der Waals surface area contributed by atoms with Crippen molar-refractivity contribution in [2.45, 2.75) is 37.5 Å². The van der Waals surface area contributed by atoms with Gasteiger partial charge in [0.2, 0.25) is 0 Å². The number of ether oxygens (including phenoxy) is 1. The third-order valence-electron chi connectivity index (χ3n) is 3.69. The topological polar surface area (TPSA) is 33.1 Å². The van der Waals surface area contributed by atoms with Crippen LogP contribution in [0.2, 0.25) is 0 Å². The Bertz CT molecular complexity index is 352. The molecule has 1 fully saturated rings. The molecule has 1 aromatic carbocycles. The van der Waals surface area contributed by atoms with Gasteiger partial charge in [-0.2, -0.15) is 0 Å². The summed E-state index contributed by atoms with van der Waals surface area (Å²) in [5.74, 6) is 0.408. The zero-order valence-electron chi connectivity index (χ0n) is 9.83. The van der Waals surface area contributed by atoms with Crippen molar-refractivity contribution in [2.24, 2.45) is 0 Å². The number of hydrogen-bond donors (Lipinski definition) is 1. The molecule has 1 N–H and O–H groups in total. The van der Waals surface area contributed by atoms with Crippen LogP contribution < -0.4 is 0 Å². The van der Waals surface area contributed by atoms with Gasteiger partial charge in [0, 0.05) is 11.8 Å². The molecule has 0 spiro atoms. The fraction of sp³-hybridized carbons (Fsp3) is 0.500. The molecule has 16 heavy (non-hydrogen) atoms. The second-order valence-corrected chi connectivity index (χ2v) is 4.66. The highest BCUT2D eigenvalue weighted by Crippen LogP contribution is 2.43. The molecule has 0 radical (unpaired) electrons. The van der Waals surface area contributed by atoms with Gasteiger partial charge in [0.1, 0.15) is 0 Å². The summed E-state index contributed by atoms with van der Waals surface area (Å²) in [6.45, 7) is 0. The molecule has 0 atom stereocenters. The van der Waals surface area contributed by atoms with Gasteiger partial charge >= 0.3 is 0 Å². The van der Waals surface area contributed by atoms with Crippen LogP contribution in [0, 0.1) is 5.41 Å². The van der Waals surface area contributed by atoms with E-state index in [9.17, 15) is 0 Å². The monoisotopic (exact) mass is 217 g/mol. The first-order valence-corrected chi connectivity index (χ1v) is 5.94. The number of benzene rings is 1. The molecule has 0 heterocycles. The molecule has 1 aromatic rings. The number of nitrogens with one attached hydrogen (secondary N) is 1. The van der Waals surface area contributed by atoms with E-state index in [0.717, 1.165) is 6.42 Å². The van der Waals surface area contributed by atoms with E-state index in [2.05, 4.69) is 24.3 Å². The quantitative estimate of drug-likeness (QED) is 0.610. The molecule has 0 aromatic heterocycles. The fourth-order valence-corrected chi connectivity index (χ4v) is 2.79. The minimum Gasteiger partial charge on any atom is -0.484 e. The Morgan fingerprint density at radius 2 is 1.88 bits per heavy atom. The molecule has 1 aliphatic rings. The van der Waals surface area contributed by atoms with Gasteiger partial charge in [0.15, 0.2) is 5.90 Å². The summed E-state index contributed by atoms with van der Waals surface area (Å²) >= 11 is 0. The lowest BCUT2D eigenvalue weighted by Crippen LogP contribution is -2.26. The maximum Gasteiger partial charge on any atom is 0.180 e. The highest BCUT2D eigenvalue weighted by Gasteiger charge is 2.36. The molecule has 0 amide bonds. The summed E-state index contributed by atoms with van der Waals surface area (Å²) in [4.78, 5) is 0. The Kier molecular flexibility index (Phi) is 3.28. The van der Waals surface area contributed by atoms with Crippen molar-refractivity contribution >= 4 is 5.90 Å². The van der Waals surface area contributed by atoms with Gasteiger partial charge in [0.05, 0.1) is 7.11 Å². The normalized spacial score (nSPS) is 18.3. The highest BCUT2D eigenvalue weighted by molar-refractivity contribution is 5.74. The zero-order chi connectivity index (χ0) is 11.4. The minimum atomic E-state index is 0.161. The van der Waals surface area contributed by atoms with E-state index in [1.807, 2.05) is 6.07 Å². The van der Waals surface area contributed by atoms with Crippen LogP contribution in [0.1, 0.15) is 37.7 Å². The average molecular weight is 217 g/mol. The van der Waals surface area contributed by atoms with E-state index in [4.69, 9.17) is 10.1 Å². The molecule has 2 rings (SSSR count). The van der Waals surface area contributed by atoms with Crippen LogP contribution >= 0.6 is 0 Å². The van der Waals surface area contributed by atoms with Gasteiger partial charge in [-0.15, -0.1) is 0 Å². The van der Waals surface area contributed by atoms with Crippen LogP contribution in [0.5, 0.6) is 0 Å². The van der Waals surface area contributed by atoms with Crippen molar-refractivity contribution in [1.29, 1.82) is 5.41 Å². The van der Waals surface area contributed by atoms with Crippen LogP contribution in [0.15, 0.2) is 30.3 Å². The standard InChI is InChI=1S/C14H19NO/c1-16-13(15)11-14(9-5-6-10-14)12-7-3-2-4-8-12/h2-4,7-8,15H,5-6,9-11H2,1H3. The van der Waals surface area contributed by atoms with Gasteiger partial charge in [-0.05, 0) is 18.4 Å². The Hall–Kier alpha value is -1.31. The Morgan fingerprint density at radius 1 is 1.25 bits per heavy atom. The average Bonchev–Trinajstić information content (AvgIpc) is 2.80. The van der Waals surface area contributed by atoms with Crippen molar-refractivity contribution in [3.05, 3.63) is 35.9 Å². The van der Waals surface area contributed by atoms with E-state index >= 15 is 0 Å². The van der Waals surface area contributed by atoms with Crippen LogP contribution in [-0.4, -0.2) is 13.0 Å². The smallest absolute Gasteiger partial charge is 0.180 e. The first kappa shape index (κ1) is 11.2. The van der Waals surface area contributed by atoms with Crippen LogP contribution in [0.25, 0.3) is 0 Å². The van der Waals surface area contributed by atoms with Crippen molar-refractivity contribution < 1.29 is 4.74 Å². The maximum atomic E-state index is 7.75. The van der Waals surface area contributed by atoms with E-state index in [0.29, 0.717) is 5.90 Å². The SMILES string of the molecule is COC(=N)CC1(c2ccccc2)CCCC1. The van der Waals surface area contributed by atoms with E-state index in [-0.39, 0.29) is 5.41 Å². The van der Waals surface area contributed by atoms with Crippen LogP contribution in [0.4, 0.5) is 0 Å². The third-order valence-corrected chi connectivity index (χ3v) is 3.69. The molecule has 0 unspecified atom stereocenters. The van der Waals surface area contributed by atoms with Crippen molar-refractivity contribution in [1.82, 2.24) is 0 Å². The van der Waals surface area contributed by atoms with Crippen molar-refractivity contribution in [3.8, 4) is 0 Å². The first-order valence-electron chi connectivity index (χ1n) is 5.94. The van der Waals surface area contributed by atoms with Crippen LogP contribution in [0.3, 0.4) is 0 Å². The van der Waals surface area contributed by atoms with E-state index in [1.165, 1.54) is 31.2 Å². The summed E-state index contributed by atoms with van der Waals surface area (Å²) in [5, 5.41) is 7.75. The molecule has 86 valence electrons. The molecule has 0 aliphatic heterocycles. The zero-order valence-corrected chi connectivity index (χ0v) is 9.83. The van der Waals surface area contributed by atoms with Gasteiger partial charge in [-0.1, -0.05) is 43.2 Å². The van der Waals surface area contributed by atoms with Gasteiger partial charge in [-0.3, -0.25) is 5.41 Å². The number of methoxy groups -OCH3 is 1. The molecular formula is C14H19NO. The Morgan fingerprint density at radius 3 is 2.44 bits per heavy atom. The van der Waals surface area contributed by atoms with Gasteiger partial charge in [-0.25, -0.2) is 0 Å². The second-order valence-electron chi connectivity index (χ2n) is 4.66. The summed E-state index contributed by atoms with van der Waals surface area (Å²) in [5.41, 5.74) is 1.53. The van der Waals surface area contributed by atoms with Gasteiger partial charge in [0.25, 0.3) is 0 Å². The predicted molar refractivity (Wildman–Crippen MR) is 65.9 cm³/mol. The number of hydrogen-bond acceptors (Lipinski definition) is 2. The van der Waals surface area contributed by atoms with Crippen molar-refractivity contribution in [3.63, 3.8) is 0 Å². The van der Waals surface area contributed by atoms with Crippen molar-refractivity contribution in [2.75, 3.05) is 7.11 Å². The summed E-state index contributed by atoms with van der Waals surface area (Å²) in [6.07, 6.45) is 5.65. The lowest BCUT2D eigenvalue weighted by atomic mass is 9.76.